The number of aromatic amines is 1. The van der Waals surface area contributed by atoms with Gasteiger partial charge < -0.3 is 10.3 Å². The first kappa shape index (κ1) is 10.4. The van der Waals surface area contributed by atoms with Crippen molar-refractivity contribution in [1.82, 2.24) is 4.98 Å². The van der Waals surface area contributed by atoms with Crippen molar-refractivity contribution in [2.75, 3.05) is 5.32 Å². The molecule has 0 unspecified atom stereocenters. The number of amides is 1. The number of benzene rings is 1. The van der Waals surface area contributed by atoms with E-state index in [1.165, 1.54) is 13.8 Å². The van der Waals surface area contributed by atoms with Crippen molar-refractivity contribution in [3.05, 3.63) is 29.8 Å². The van der Waals surface area contributed by atoms with Gasteiger partial charge in [0.25, 0.3) is 0 Å². The molecule has 2 N–H and O–H groups in total. The molecule has 0 aliphatic heterocycles. The van der Waals surface area contributed by atoms with E-state index >= 15 is 0 Å². The van der Waals surface area contributed by atoms with Gasteiger partial charge in [0, 0.05) is 17.8 Å². The van der Waals surface area contributed by atoms with Crippen molar-refractivity contribution in [3.63, 3.8) is 0 Å². The molecule has 1 aromatic carbocycles. The highest BCUT2D eigenvalue weighted by atomic mass is 16.1. The minimum absolute atomic E-state index is 0.0683. The van der Waals surface area contributed by atoms with Crippen molar-refractivity contribution >= 4 is 28.4 Å². The van der Waals surface area contributed by atoms with Crippen LogP contribution < -0.4 is 5.32 Å². The Kier molecular flexibility index (Phi) is 2.48. The first-order valence-electron chi connectivity index (χ1n) is 4.99. The molecule has 4 nitrogen and oxygen atoms in total. The van der Waals surface area contributed by atoms with Crippen LogP contribution in [0.3, 0.4) is 0 Å². The van der Waals surface area contributed by atoms with E-state index in [9.17, 15) is 9.59 Å². The fourth-order valence-electron chi connectivity index (χ4n) is 1.78. The van der Waals surface area contributed by atoms with Gasteiger partial charge in [-0.2, -0.15) is 0 Å². The van der Waals surface area contributed by atoms with Gasteiger partial charge in [-0.25, -0.2) is 0 Å². The number of carbonyl (C=O) groups is 2. The number of rotatable bonds is 2. The Morgan fingerprint density at radius 1 is 1.19 bits per heavy atom. The quantitative estimate of drug-likeness (QED) is 0.757. The van der Waals surface area contributed by atoms with Crippen molar-refractivity contribution in [2.24, 2.45) is 0 Å². The number of Topliss-reactive ketones (excluding diaryl/α,β-unsaturated/α-hetero) is 1. The number of H-pyrrole nitrogens is 1. The third-order valence-corrected chi connectivity index (χ3v) is 2.36. The van der Waals surface area contributed by atoms with Crippen LogP contribution in [-0.4, -0.2) is 16.7 Å². The fourth-order valence-corrected chi connectivity index (χ4v) is 1.78. The van der Waals surface area contributed by atoms with Gasteiger partial charge in [0.2, 0.25) is 5.91 Å². The molecule has 0 radical (unpaired) electrons. The summed E-state index contributed by atoms with van der Waals surface area (Å²) in [5.74, 6) is 0.205. The molecule has 2 aromatic rings. The molecule has 0 saturated carbocycles. The minimum Gasteiger partial charge on any atom is -0.341 e. The van der Waals surface area contributed by atoms with E-state index in [2.05, 4.69) is 10.3 Å². The first-order valence-corrected chi connectivity index (χ1v) is 4.99. The molecule has 0 aliphatic carbocycles. The lowest BCUT2D eigenvalue weighted by molar-refractivity contribution is -0.114. The van der Waals surface area contributed by atoms with E-state index < -0.39 is 0 Å². The van der Waals surface area contributed by atoms with E-state index in [1.54, 1.807) is 0 Å². The van der Waals surface area contributed by atoms with Crippen LogP contribution in [0.2, 0.25) is 0 Å². The molecule has 82 valence electrons. The maximum Gasteiger partial charge on any atom is 0.222 e. The third kappa shape index (κ3) is 1.69. The van der Waals surface area contributed by atoms with E-state index in [4.69, 9.17) is 0 Å². The smallest absolute Gasteiger partial charge is 0.222 e. The number of fused-ring (bicyclic) bond motifs is 1. The van der Waals surface area contributed by atoms with Crippen molar-refractivity contribution in [1.29, 1.82) is 0 Å². The number of anilines is 1. The van der Waals surface area contributed by atoms with Crippen LogP contribution in [0.15, 0.2) is 24.3 Å². The van der Waals surface area contributed by atoms with E-state index in [0.717, 1.165) is 10.9 Å². The van der Waals surface area contributed by atoms with Gasteiger partial charge in [-0.3, -0.25) is 9.59 Å². The molecule has 0 aliphatic rings. The summed E-state index contributed by atoms with van der Waals surface area (Å²) in [6.45, 7) is 2.90. The molecule has 0 spiro atoms. The molecular weight excluding hydrogens is 204 g/mol. The third-order valence-electron chi connectivity index (χ3n) is 2.36. The molecule has 0 atom stereocenters. The van der Waals surface area contributed by atoms with Crippen LogP contribution >= 0.6 is 0 Å². The Morgan fingerprint density at radius 3 is 2.50 bits per heavy atom. The Balaban J connectivity index is 2.68. The van der Waals surface area contributed by atoms with Gasteiger partial charge in [0.05, 0.1) is 5.56 Å². The molecule has 1 amide bonds. The fraction of sp³-hybridized carbons (Fsp3) is 0.167. The molecule has 16 heavy (non-hydrogen) atoms. The highest BCUT2D eigenvalue weighted by Crippen LogP contribution is 2.26. The molecule has 2 rings (SSSR count). The lowest BCUT2D eigenvalue weighted by Crippen LogP contribution is -2.09. The van der Waals surface area contributed by atoms with Crippen LogP contribution in [0.25, 0.3) is 10.9 Å². The predicted molar refractivity (Wildman–Crippen MR) is 62.6 cm³/mol. The van der Waals surface area contributed by atoms with E-state index in [0.29, 0.717) is 11.4 Å². The molecule has 0 fully saturated rings. The van der Waals surface area contributed by atoms with Crippen LogP contribution in [0.4, 0.5) is 5.82 Å². The second kappa shape index (κ2) is 3.81. The summed E-state index contributed by atoms with van der Waals surface area (Å²) in [7, 11) is 0. The van der Waals surface area contributed by atoms with Crippen LogP contribution in [0.1, 0.15) is 24.2 Å². The maximum absolute atomic E-state index is 11.6. The number of para-hydroxylation sites is 1. The highest BCUT2D eigenvalue weighted by Gasteiger charge is 2.15. The van der Waals surface area contributed by atoms with Crippen molar-refractivity contribution in [2.45, 2.75) is 13.8 Å². The van der Waals surface area contributed by atoms with Gasteiger partial charge >= 0.3 is 0 Å². The number of aromatic nitrogens is 1. The minimum atomic E-state index is -0.200. The normalized spacial score (nSPS) is 10.4. The number of hydrogen-bond acceptors (Lipinski definition) is 2. The summed E-state index contributed by atoms with van der Waals surface area (Å²) in [4.78, 5) is 25.6. The van der Waals surface area contributed by atoms with E-state index in [1.807, 2.05) is 24.3 Å². The van der Waals surface area contributed by atoms with Crippen LogP contribution in [-0.2, 0) is 4.79 Å². The van der Waals surface area contributed by atoms with Crippen LogP contribution in [0, 0.1) is 0 Å². The molecule has 1 aromatic heterocycles. The Morgan fingerprint density at radius 2 is 1.88 bits per heavy atom. The summed E-state index contributed by atoms with van der Waals surface area (Å²) < 4.78 is 0. The Labute approximate surface area is 92.7 Å². The second-order valence-corrected chi connectivity index (χ2v) is 3.66. The summed E-state index contributed by atoms with van der Waals surface area (Å²) in [6.07, 6.45) is 0. The zero-order valence-corrected chi connectivity index (χ0v) is 9.13. The predicted octanol–water partition coefficient (Wildman–Crippen LogP) is 2.33. The maximum atomic E-state index is 11.6. The first-order chi connectivity index (χ1) is 7.59. The number of carbonyl (C=O) groups excluding carboxylic acids is 2. The Hall–Kier alpha value is -2.10. The van der Waals surface area contributed by atoms with Gasteiger partial charge in [0.1, 0.15) is 5.82 Å². The lowest BCUT2D eigenvalue weighted by Gasteiger charge is -2.00. The summed E-state index contributed by atoms with van der Waals surface area (Å²) in [5, 5.41) is 3.46. The molecule has 0 bridgehead atoms. The lowest BCUT2D eigenvalue weighted by atomic mass is 10.1. The average molecular weight is 216 g/mol. The van der Waals surface area contributed by atoms with Gasteiger partial charge in [-0.05, 0) is 13.0 Å². The second-order valence-electron chi connectivity index (χ2n) is 3.66. The highest BCUT2D eigenvalue weighted by molar-refractivity contribution is 6.13. The van der Waals surface area contributed by atoms with Crippen molar-refractivity contribution < 1.29 is 9.59 Å². The number of ketones is 1. The molecular formula is C12H12N2O2. The summed E-state index contributed by atoms with van der Waals surface area (Å²) in [6, 6.07) is 7.46. The van der Waals surface area contributed by atoms with Crippen molar-refractivity contribution in [3.8, 4) is 0 Å². The zero-order chi connectivity index (χ0) is 11.7. The average Bonchev–Trinajstić information content (AvgIpc) is 2.53. The molecule has 0 saturated heterocycles. The van der Waals surface area contributed by atoms with Crippen LogP contribution in [0.5, 0.6) is 0 Å². The summed E-state index contributed by atoms with van der Waals surface area (Å²) in [5.41, 5.74) is 1.38. The largest absolute Gasteiger partial charge is 0.341 e. The number of hydrogen-bond donors (Lipinski definition) is 2. The summed E-state index contributed by atoms with van der Waals surface area (Å²) >= 11 is 0. The molecule has 1 heterocycles. The zero-order valence-electron chi connectivity index (χ0n) is 9.13. The standard InChI is InChI=1S/C12H12N2O2/c1-7(15)11-9-5-3-4-6-10(9)14-12(11)13-8(2)16/h3-6,14H,1-2H3,(H,13,16). The SMILES string of the molecule is CC(=O)Nc1[nH]c2ccccc2c1C(C)=O. The van der Waals surface area contributed by atoms with Gasteiger partial charge in [-0.1, -0.05) is 18.2 Å². The topological polar surface area (TPSA) is 62.0 Å². The van der Waals surface area contributed by atoms with Gasteiger partial charge in [-0.15, -0.1) is 0 Å². The van der Waals surface area contributed by atoms with Gasteiger partial charge in [0.15, 0.2) is 5.78 Å². The Bertz CT molecular complexity index is 569. The number of nitrogens with one attached hydrogen (secondary N) is 2. The van der Waals surface area contributed by atoms with E-state index in [-0.39, 0.29) is 11.7 Å². The monoisotopic (exact) mass is 216 g/mol. The molecule has 4 heteroatoms.